The molecule has 0 atom stereocenters. The molecule has 1 aliphatic heterocycles. The van der Waals surface area contributed by atoms with Gasteiger partial charge in [-0.3, -0.25) is 9.59 Å². The smallest absolute Gasteiger partial charge is 0.255 e. The van der Waals surface area contributed by atoms with Crippen LogP contribution in [0.3, 0.4) is 0 Å². The fraction of sp³-hybridized carbons (Fsp3) is 0.286. The van der Waals surface area contributed by atoms with Crippen LogP contribution in [0.15, 0.2) is 51.7 Å². The molecule has 1 aliphatic rings. The van der Waals surface area contributed by atoms with Gasteiger partial charge in [-0.15, -0.1) is 0 Å². The Morgan fingerprint density at radius 2 is 2.04 bits per heavy atom. The van der Waals surface area contributed by atoms with Crippen LogP contribution in [0.4, 0.5) is 0 Å². The van der Waals surface area contributed by atoms with E-state index in [4.69, 9.17) is 4.42 Å². The van der Waals surface area contributed by atoms with Crippen LogP contribution in [0, 0.1) is 0 Å². The lowest BCUT2D eigenvalue weighted by Crippen LogP contribution is -2.36. The maximum atomic E-state index is 12.9. The number of pyridine rings is 1. The Labute approximate surface area is 156 Å². The molecule has 0 bridgehead atoms. The fourth-order valence-electron chi connectivity index (χ4n) is 3.44. The zero-order valence-corrected chi connectivity index (χ0v) is 15.2. The third kappa shape index (κ3) is 3.56. The molecule has 0 radical (unpaired) electrons. The number of hydrogen-bond acceptors (Lipinski definition) is 4. The number of nitrogens with one attached hydrogen (secondary N) is 1. The number of aromatic amines is 1. The van der Waals surface area contributed by atoms with Crippen LogP contribution in [0.25, 0.3) is 0 Å². The Balaban J connectivity index is 1.53. The summed E-state index contributed by atoms with van der Waals surface area (Å²) in [5, 5.41) is 0. The van der Waals surface area contributed by atoms with Gasteiger partial charge in [0.2, 0.25) is 5.56 Å². The lowest BCUT2D eigenvalue weighted by atomic mass is 10.1. The molecule has 4 rings (SSSR count). The molecule has 3 heterocycles. The minimum Gasteiger partial charge on any atom is -0.445 e. The summed E-state index contributed by atoms with van der Waals surface area (Å²) in [5.74, 6) is 1.46. The van der Waals surface area contributed by atoms with Crippen LogP contribution < -0.4 is 5.56 Å². The van der Waals surface area contributed by atoms with Crippen molar-refractivity contribution in [2.75, 3.05) is 6.54 Å². The van der Waals surface area contributed by atoms with Crippen LogP contribution in [0.1, 0.15) is 45.9 Å². The van der Waals surface area contributed by atoms with E-state index in [9.17, 15) is 9.59 Å². The number of rotatable bonds is 4. The number of fused-ring (bicyclic) bond motifs is 1. The maximum Gasteiger partial charge on any atom is 0.255 e. The van der Waals surface area contributed by atoms with Gasteiger partial charge in [0.25, 0.3) is 5.91 Å². The van der Waals surface area contributed by atoms with E-state index in [0.29, 0.717) is 49.5 Å². The molecular weight excluding hydrogens is 342 g/mol. The summed E-state index contributed by atoms with van der Waals surface area (Å²) in [5.41, 5.74) is 3.00. The highest BCUT2D eigenvalue weighted by Crippen LogP contribution is 2.23. The number of aryl methyl sites for hydroxylation is 1. The molecule has 0 aliphatic carbocycles. The molecular formula is C21H21N3O3. The summed E-state index contributed by atoms with van der Waals surface area (Å²) in [6.45, 7) is 2.92. The van der Waals surface area contributed by atoms with Crippen molar-refractivity contribution in [1.82, 2.24) is 14.9 Å². The number of hydrogen-bond donors (Lipinski definition) is 1. The molecule has 2 aromatic heterocycles. The number of aromatic nitrogens is 2. The van der Waals surface area contributed by atoms with Crippen LogP contribution in [-0.2, 0) is 25.8 Å². The molecule has 27 heavy (non-hydrogen) atoms. The number of benzene rings is 1. The quantitative estimate of drug-likeness (QED) is 0.773. The predicted octanol–water partition coefficient (Wildman–Crippen LogP) is 2.71. The van der Waals surface area contributed by atoms with Gasteiger partial charge in [0, 0.05) is 31.1 Å². The minimum absolute atomic E-state index is 0.0821. The number of amides is 1. The molecule has 1 N–H and O–H groups in total. The first-order valence-electron chi connectivity index (χ1n) is 9.17. The van der Waals surface area contributed by atoms with Crippen molar-refractivity contribution >= 4 is 5.91 Å². The topological polar surface area (TPSA) is 79.2 Å². The molecule has 6 heteroatoms. The minimum atomic E-state index is -0.189. The van der Waals surface area contributed by atoms with Crippen LogP contribution in [-0.4, -0.2) is 27.3 Å². The lowest BCUT2D eigenvalue weighted by Gasteiger charge is -2.26. The summed E-state index contributed by atoms with van der Waals surface area (Å²) >= 11 is 0. The van der Waals surface area contributed by atoms with E-state index in [-0.39, 0.29) is 11.5 Å². The standard InChI is InChI=1S/C21H21N3O3/c1-2-16-15(8-9-19(25)22-16)21(26)24-11-10-18-17(13-24)23-20(27-18)12-14-6-4-3-5-7-14/h3-9H,2,10-13H2,1H3,(H,22,25). The second kappa shape index (κ2) is 7.23. The number of carbonyl (C=O) groups is 1. The van der Waals surface area contributed by atoms with E-state index in [1.807, 2.05) is 37.3 Å². The second-order valence-electron chi connectivity index (χ2n) is 6.68. The summed E-state index contributed by atoms with van der Waals surface area (Å²) in [4.78, 5) is 33.6. The van der Waals surface area contributed by atoms with Crippen molar-refractivity contribution in [2.24, 2.45) is 0 Å². The van der Waals surface area contributed by atoms with Gasteiger partial charge < -0.3 is 14.3 Å². The SMILES string of the molecule is CCc1[nH]c(=O)ccc1C(=O)N1CCc2oc(Cc3ccccc3)nc2C1. The summed E-state index contributed by atoms with van der Waals surface area (Å²) in [6.07, 6.45) is 1.89. The fourth-order valence-corrected chi connectivity index (χ4v) is 3.44. The molecule has 1 amide bonds. The molecule has 138 valence electrons. The van der Waals surface area contributed by atoms with E-state index in [1.165, 1.54) is 6.07 Å². The van der Waals surface area contributed by atoms with Gasteiger partial charge in [-0.2, -0.15) is 0 Å². The molecule has 3 aromatic rings. The van der Waals surface area contributed by atoms with E-state index in [2.05, 4.69) is 9.97 Å². The largest absolute Gasteiger partial charge is 0.445 e. The first-order chi connectivity index (χ1) is 13.1. The Hall–Kier alpha value is -3.15. The van der Waals surface area contributed by atoms with Gasteiger partial charge >= 0.3 is 0 Å². The van der Waals surface area contributed by atoms with E-state index < -0.39 is 0 Å². The highest BCUT2D eigenvalue weighted by atomic mass is 16.4. The third-order valence-electron chi connectivity index (χ3n) is 4.84. The van der Waals surface area contributed by atoms with Crippen molar-refractivity contribution in [2.45, 2.75) is 32.7 Å². The maximum absolute atomic E-state index is 12.9. The van der Waals surface area contributed by atoms with Gasteiger partial charge in [-0.05, 0) is 18.1 Å². The molecule has 0 spiro atoms. The Kier molecular flexibility index (Phi) is 4.62. The first kappa shape index (κ1) is 17.3. The summed E-state index contributed by atoms with van der Waals surface area (Å²) in [6, 6.07) is 13.1. The second-order valence-corrected chi connectivity index (χ2v) is 6.68. The zero-order chi connectivity index (χ0) is 18.8. The number of carbonyl (C=O) groups excluding carboxylic acids is 1. The predicted molar refractivity (Wildman–Crippen MR) is 101 cm³/mol. The zero-order valence-electron chi connectivity index (χ0n) is 15.2. The van der Waals surface area contributed by atoms with E-state index in [0.717, 1.165) is 17.0 Å². The van der Waals surface area contributed by atoms with Gasteiger partial charge in [0.05, 0.1) is 12.1 Å². The monoisotopic (exact) mass is 363 g/mol. The molecule has 0 unspecified atom stereocenters. The third-order valence-corrected chi connectivity index (χ3v) is 4.84. The average molecular weight is 363 g/mol. The normalized spacial score (nSPS) is 13.4. The summed E-state index contributed by atoms with van der Waals surface area (Å²) in [7, 11) is 0. The Morgan fingerprint density at radius 3 is 2.81 bits per heavy atom. The summed E-state index contributed by atoms with van der Waals surface area (Å²) < 4.78 is 5.91. The van der Waals surface area contributed by atoms with Gasteiger partial charge in [-0.25, -0.2) is 4.98 Å². The van der Waals surface area contributed by atoms with Gasteiger partial charge in [0.15, 0.2) is 5.89 Å². The number of H-pyrrole nitrogens is 1. The van der Waals surface area contributed by atoms with Gasteiger partial charge in [0.1, 0.15) is 11.5 Å². The Bertz CT molecular complexity index is 1020. The van der Waals surface area contributed by atoms with Crippen molar-refractivity contribution in [1.29, 1.82) is 0 Å². The number of oxazole rings is 1. The van der Waals surface area contributed by atoms with Crippen LogP contribution in [0.2, 0.25) is 0 Å². The Morgan fingerprint density at radius 1 is 1.22 bits per heavy atom. The van der Waals surface area contributed by atoms with Crippen molar-refractivity contribution in [3.63, 3.8) is 0 Å². The van der Waals surface area contributed by atoms with Crippen molar-refractivity contribution < 1.29 is 9.21 Å². The molecule has 6 nitrogen and oxygen atoms in total. The van der Waals surface area contributed by atoms with Gasteiger partial charge in [-0.1, -0.05) is 37.3 Å². The first-order valence-corrected chi connectivity index (χ1v) is 9.17. The van der Waals surface area contributed by atoms with Crippen molar-refractivity contribution in [3.8, 4) is 0 Å². The van der Waals surface area contributed by atoms with Crippen molar-refractivity contribution in [3.05, 3.63) is 87.0 Å². The highest BCUT2D eigenvalue weighted by molar-refractivity contribution is 5.95. The molecule has 0 saturated carbocycles. The van der Waals surface area contributed by atoms with Crippen LogP contribution >= 0.6 is 0 Å². The lowest BCUT2D eigenvalue weighted by molar-refractivity contribution is 0.0726. The average Bonchev–Trinajstić information content (AvgIpc) is 3.09. The van der Waals surface area contributed by atoms with E-state index >= 15 is 0 Å². The molecule has 0 saturated heterocycles. The molecule has 0 fully saturated rings. The highest BCUT2D eigenvalue weighted by Gasteiger charge is 2.27. The van der Waals surface area contributed by atoms with Crippen LogP contribution in [0.5, 0.6) is 0 Å². The number of nitrogens with zero attached hydrogens (tertiary/aromatic N) is 2. The van der Waals surface area contributed by atoms with E-state index in [1.54, 1.807) is 11.0 Å². The molecule has 1 aromatic carbocycles.